The van der Waals surface area contributed by atoms with Crippen molar-refractivity contribution in [3.63, 3.8) is 0 Å². The van der Waals surface area contributed by atoms with E-state index in [2.05, 4.69) is 32.7 Å². The topological polar surface area (TPSA) is 58.1 Å². The van der Waals surface area contributed by atoms with Gasteiger partial charge in [-0.25, -0.2) is 0 Å². The molecule has 26 heavy (non-hydrogen) atoms. The van der Waals surface area contributed by atoms with Crippen molar-refractivity contribution in [1.82, 2.24) is 15.5 Å². The summed E-state index contributed by atoms with van der Waals surface area (Å²) in [5.74, 6) is 1.74. The van der Waals surface area contributed by atoms with Crippen molar-refractivity contribution >= 4 is 29.9 Å². The predicted molar refractivity (Wildman–Crippen MR) is 118 cm³/mol. The van der Waals surface area contributed by atoms with Crippen LogP contribution < -0.4 is 15.4 Å². The van der Waals surface area contributed by atoms with Crippen molar-refractivity contribution in [3.8, 4) is 5.75 Å². The van der Waals surface area contributed by atoms with Crippen LogP contribution in [0.15, 0.2) is 29.3 Å². The average molecular weight is 476 g/mol. The maximum Gasteiger partial charge on any atom is 0.191 e. The van der Waals surface area contributed by atoms with Gasteiger partial charge in [0.2, 0.25) is 0 Å². The van der Waals surface area contributed by atoms with Gasteiger partial charge in [0.1, 0.15) is 5.75 Å². The zero-order valence-electron chi connectivity index (χ0n) is 16.2. The number of aliphatic imine (C=N–C) groups is 1. The number of hydrogen-bond donors (Lipinski definition) is 2. The molecule has 1 heterocycles. The Morgan fingerprint density at radius 1 is 1.15 bits per heavy atom. The number of guanidine groups is 1. The molecule has 0 spiro atoms. The van der Waals surface area contributed by atoms with Crippen LogP contribution in [0.2, 0.25) is 0 Å². The second-order valence-corrected chi connectivity index (χ2v) is 6.26. The fourth-order valence-corrected chi connectivity index (χ4v) is 3.17. The van der Waals surface area contributed by atoms with Crippen molar-refractivity contribution in [2.45, 2.75) is 25.3 Å². The van der Waals surface area contributed by atoms with Gasteiger partial charge in [-0.2, -0.15) is 0 Å². The van der Waals surface area contributed by atoms with Gasteiger partial charge in [-0.3, -0.25) is 9.89 Å². The largest absolute Gasteiger partial charge is 0.497 e. The van der Waals surface area contributed by atoms with Gasteiger partial charge < -0.3 is 20.1 Å². The normalized spacial score (nSPS) is 16.0. The summed E-state index contributed by atoms with van der Waals surface area (Å²) in [6.07, 6.45) is 3.51. The molecule has 0 saturated carbocycles. The van der Waals surface area contributed by atoms with Gasteiger partial charge in [-0.05, 0) is 50.0 Å². The lowest BCUT2D eigenvalue weighted by atomic mass is 10.1. The van der Waals surface area contributed by atoms with Gasteiger partial charge in [0.15, 0.2) is 5.96 Å². The molecule has 1 aliphatic heterocycles. The quantitative estimate of drug-likeness (QED) is 0.249. The summed E-state index contributed by atoms with van der Waals surface area (Å²) in [6, 6.07) is 8.74. The highest BCUT2D eigenvalue weighted by atomic mass is 127. The number of methoxy groups -OCH3 is 2. The maximum atomic E-state index is 5.29. The Morgan fingerprint density at radius 3 is 2.42 bits per heavy atom. The first kappa shape index (κ1) is 23.0. The molecule has 0 bridgehead atoms. The van der Waals surface area contributed by atoms with Crippen LogP contribution in [0.4, 0.5) is 0 Å². The molecule has 0 aromatic heterocycles. The fraction of sp³-hybridized carbons (Fsp3) is 0.632. The second kappa shape index (κ2) is 13.2. The summed E-state index contributed by atoms with van der Waals surface area (Å²) in [7, 11) is 5.24. The Morgan fingerprint density at radius 2 is 1.85 bits per heavy atom. The lowest BCUT2D eigenvalue weighted by Crippen LogP contribution is -2.43. The fourth-order valence-electron chi connectivity index (χ4n) is 3.17. The molecule has 0 radical (unpaired) electrons. The van der Waals surface area contributed by atoms with Crippen LogP contribution in [-0.2, 0) is 4.74 Å². The molecule has 0 aliphatic carbocycles. The molecular formula is C19H33IN4O2. The van der Waals surface area contributed by atoms with Crippen molar-refractivity contribution in [2.75, 3.05) is 54.1 Å². The molecule has 1 aromatic rings. The van der Waals surface area contributed by atoms with E-state index in [4.69, 9.17) is 9.47 Å². The third kappa shape index (κ3) is 7.28. The third-order valence-electron chi connectivity index (χ3n) is 4.59. The first-order chi connectivity index (χ1) is 12.3. The lowest BCUT2D eigenvalue weighted by Gasteiger charge is -2.29. The minimum atomic E-state index is 0. The monoisotopic (exact) mass is 476 g/mol. The number of halogens is 1. The van der Waals surface area contributed by atoms with Crippen LogP contribution in [0.3, 0.4) is 0 Å². The molecule has 6 nitrogen and oxygen atoms in total. The summed E-state index contributed by atoms with van der Waals surface area (Å²) in [5, 5.41) is 6.82. The molecule has 1 saturated heterocycles. The van der Waals surface area contributed by atoms with Gasteiger partial charge in [-0.15, -0.1) is 24.0 Å². The van der Waals surface area contributed by atoms with E-state index in [9.17, 15) is 0 Å². The zero-order chi connectivity index (χ0) is 17.9. The molecule has 1 fully saturated rings. The van der Waals surface area contributed by atoms with E-state index >= 15 is 0 Å². The van der Waals surface area contributed by atoms with Gasteiger partial charge in [0.25, 0.3) is 0 Å². The van der Waals surface area contributed by atoms with Crippen molar-refractivity contribution in [2.24, 2.45) is 4.99 Å². The van der Waals surface area contributed by atoms with Crippen molar-refractivity contribution in [3.05, 3.63) is 29.8 Å². The predicted octanol–water partition coefficient (Wildman–Crippen LogP) is 2.65. The number of nitrogens with zero attached hydrogens (tertiary/aromatic N) is 2. The Bertz CT molecular complexity index is 519. The van der Waals surface area contributed by atoms with E-state index in [1.165, 1.54) is 18.4 Å². The Labute approximate surface area is 174 Å². The van der Waals surface area contributed by atoms with Crippen LogP contribution in [0.5, 0.6) is 5.75 Å². The van der Waals surface area contributed by atoms with E-state index in [0.717, 1.165) is 50.9 Å². The lowest BCUT2D eigenvalue weighted by molar-refractivity contribution is 0.195. The highest BCUT2D eigenvalue weighted by molar-refractivity contribution is 14.0. The summed E-state index contributed by atoms with van der Waals surface area (Å²) < 4.78 is 10.4. The standard InChI is InChI=1S/C19H32N4O2.HI/c1-20-19(21-11-6-14-24-2)22-15-18(23-12-4-5-13-23)16-7-9-17(25-3)10-8-16;/h7-10,18H,4-6,11-15H2,1-3H3,(H2,20,21,22);1H. The molecule has 148 valence electrons. The number of hydrogen-bond acceptors (Lipinski definition) is 4. The number of rotatable bonds is 9. The van der Waals surface area contributed by atoms with Gasteiger partial charge in [-0.1, -0.05) is 12.1 Å². The third-order valence-corrected chi connectivity index (χ3v) is 4.59. The van der Waals surface area contributed by atoms with Crippen LogP contribution in [0.25, 0.3) is 0 Å². The van der Waals surface area contributed by atoms with Crippen LogP contribution in [0.1, 0.15) is 30.9 Å². The summed E-state index contributed by atoms with van der Waals surface area (Å²) >= 11 is 0. The molecule has 2 rings (SSSR count). The van der Waals surface area contributed by atoms with Crippen LogP contribution in [-0.4, -0.2) is 64.9 Å². The minimum absolute atomic E-state index is 0. The molecule has 2 N–H and O–H groups in total. The number of nitrogens with one attached hydrogen (secondary N) is 2. The summed E-state index contributed by atoms with van der Waals surface area (Å²) in [6.45, 7) is 4.74. The summed E-state index contributed by atoms with van der Waals surface area (Å²) in [5.41, 5.74) is 1.31. The van der Waals surface area contributed by atoms with Gasteiger partial charge in [0.05, 0.1) is 13.2 Å². The van der Waals surface area contributed by atoms with Crippen LogP contribution >= 0.6 is 24.0 Å². The molecule has 1 aliphatic rings. The smallest absolute Gasteiger partial charge is 0.191 e. The molecular weight excluding hydrogens is 443 g/mol. The van der Waals surface area contributed by atoms with E-state index in [1.54, 1.807) is 14.2 Å². The van der Waals surface area contributed by atoms with Crippen molar-refractivity contribution < 1.29 is 9.47 Å². The highest BCUT2D eigenvalue weighted by Crippen LogP contribution is 2.26. The van der Waals surface area contributed by atoms with E-state index < -0.39 is 0 Å². The molecule has 1 unspecified atom stereocenters. The van der Waals surface area contributed by atoms with E-state index in [0.29, 0.717) is 6.04 Å². The van der Waals surface area contributed by atoms with Gasteiger partial charge in [0, 0.05) is 33.9 Å². The Hall–Kier alpha value is -1.06. The first-order valence-electron chi connectivity index (χ1n) is 9.10. The van der Waals surface area contributed by atoms with Gasteiger partial charge >= 0.3 is 0 Å². The SMILES string of the molecule is CN=C(NCCCOC)NCC(c1ccc(OC)cc1)N1CCCC1.I. The minimum Gasteiger partial charge on any atom is -0.497 e. The van der Waals surface area contributed by atoms with E-state index in [1.807, 2.05) is 19.2 Å². The molecule has 1 aromatic carbocycles. The zero-order valence-corrected chi connectivity index (χ0v) is 18.5. The second-order valence-electron chi connectivity index (χ2n) is 6.26. The number of benzene rings is 1. The van der Waals surface area contributed by atoms with Crippen LogP contribution in [0, 0.1) is 0 Å². The Kier molecular flexibility index (Phi) is 11.6. The molecule has 1 atom stereocenters. The average Bonchev–Trinajstić information content (AvgIpc) is 3.18. The number of ether oxygens (including phenoxy) is 2. The maximum absolute atomic E-state index is 5.29. The first-order valence-corrected chi connectivity index (χ1v) is 9.10. The Balaban J connectivity index is 0.00000338. The van der Waals surface area contributed by atoms with Crippen molar-refractivity contribution in [1.29, 1.82) is 0 Å². The molecule has 7 heteroatoms. The molecule has 0 amide bonds. The number of likely N-dealkylation sites (tertiary alicyclic amines) is 1. The van der Waals surface area contributed by atoms with E-state index in [-0.39, 0.29) is 24.0 Å². The summed E-state index contributed by atoms with van der Waals surface area (Å²) in [4.78, 5) is 6.87. The highest BCUT2D eigenvalue weighted by Gasteiger charge is 2.23.